The quantitative estimate of drug-likeness (QED) is 0.348. The largest absolute Gasteiger partial charge is 0.383 e. The van der Waals surface area contributed by atoms with E-state index in [1.165, 1.54) is 30.4 Å². The summed E-state index contributed by atoms with van der Waals surface area (Å²) < 4.78 is 11.0. The van der Waals surface area contributed by atoms with Crippen molar-refractivity contribution in [2.45, 2.75) is 82.4 Å². The summed E-state index contributed by atoms with van der Waals surface area (Å²) >= 11 is 0. The van der Waals surface area contributed by atoms with Crippen molar-refractivity contribution in [1.29, 1.82) is 0 Å². The van der Waals surface area contributed by atoms with Gasteiger partial charge in [0.05, 0.1) is 18.8 Å². The molecular formula is C27H41N3O3. The van der Waals surface area contributed by atoms with Gasteiger partial charge in [-0.25, -0.2) is 4.99 Å². The Bertz CT molecular complexity index is 873. The fourth-order valence-corrected chi connectivity index (χ4v) is 6.02. The number of hydrogen-bond acceptors (Lipinski definition) is 4. The van der Waals surface area contributed by atoms with Crippen molar-refractivity contribution in [3.63, 3.8) is 0 Å². The van der Waals surface area contributed by atoms with Gasteiger partial charge in [0.25, 0.3) is 0 Å². The molecule has 2 atom stereocenters. The van der Waals surface area contributed by atoms with Gasteiger partial charge in [-0.15, -0.1) is 0 Å². The van der Waals surface area contributed by atoms with Crippen LogP contribution in [0.25, 0.3) is 0 Å². The number of methoxy groups -OCH3 is 2. The number of guanidine groups is 1. The summed E-state index contributed by atoms with van der Waals surface area (Å²) in [7, 11) is 5.40. The van der Waals surface area contributed by atoms with Crippen molar-refractivity contribution in [1.82, 2.24) is 4.90 Å². The molecule has 0 radical (unpaired) electrons. The maximum Gasteiger partial charge on any atom is 0.192 e. The Morgan fingerprint density at radius 3 is 2.61 bits per heavy atom. The Morgan fingerprint density at radius 1 is 1.27 bits per heavy atom. The van der Waals surface area contributed by atoms with Gasteiger partial charge in [0.15, 0.2) is 17.8 Å². The molecule has 1 unspecified atom stereocenters. The summed E-state index contributed by atoms with van der Waals surface area (Å²) in [5.74, 6) is 1.28. The second kappa shape index (κ2) is 9.75. The Kier molecular flexibility index (Phi) is 7.15. The van der Waals surface area contributed by atoms with Crippen molar-refractivity contribution in [2.75, 3.05) is 27.9 Å². The average Bonchev–Trinajstić information content (AvgIpc) is 3.62. The molecular weight excluding hydrogens is 414 g/mol. The number of hydrogen-bond donors (Lipinski definition) is 1. The van der Waals surface area contributed by atoms with Gasteiger partial charge in [-0.3, -0.25) is 0 Å². The molecule has 3 aliphatic rings. The van der Waals surface area contributed by atoms with Gasteiger partial charge in [-0.05, 0) is 74.5 Å². The van der Waals surface area contributed by atoms with E-state index in [4.69, 9.17) is 20.2 Å². The fourth-order valence-electron chi connectivity index (χ4n) is 6.02. The molecule has 0 amide bonds. The number of benzene rings is 1. The minimum absolute atomic E-state index is 0.0633. The summed E-state index contributed by atoms with van der Waals surface area (Å²) in [6, 6.07) is 6.83. The van der Waals surface area contributed by atoms with Crippen LogP contribution in [0.5, 0.6) is 0 Å². The highest BCUT2D eigenvalue weighted by molar-refractivity contribution is 5.84. The molecule has 6 heteroatoms. The van der Waals surface area contributed by atoms with Gasteiger partial charge < -0.3 is 24.9 Å². The first-order chi connectivity index (χ1) is 15.9. The van der Waals surface area contributed by atoms with Crippen LogP contribution in [0.2, 0.25) is 0 Å². The average molecular weight is 456 g/mol. The number of aldehydes is 1. The molecule has 1 spiro atoms. The molecule has 182 valence electrons. The monoisotopic (exact) mass is 455 g/mol. The molecule has 1 aromatic rings. The molecule has 0 aliphatic heterocycles. The maximum atomic E-state index is 13.1. The zero-order chi connectivity index (χ0) is 23.6. The van der Waals surface area contributed by atoms with Crippen LogP contribution in [0.1, 0.15) is 68.6 Å². The second-order valence-electron chi connectivity index (χ2n) is 10.6. The fraction of sp³-hybridized carbons (Fsp3) is 0.704. The molecule has 6 nitrogen and oxygen atoms in total. The Morgan fingerprint density at radius 2 is 2.00 bits per heavy atom. The van der Waals surface area contributed by atoms with E-state index in [2.05, 4.69) is 25.1 Å². The first-order valence-electron chi connectivity index (χ1n) is 12.6. The summed E-state index contributed by atoms with van der Waals surface area (Å²) in [6.45, 7) is 2.60. The van der Waals surface area contributed by atoms with Gasteiger partial charge in [0.1, 0.15) is 0 Å². The van der Waals surface area contributed by atoms with Crippen LogP contribution < -0.4 is 5.73 Å². The molecule has 2 N–H and O–H groups in total. The molecule has 0 saturated heterocycles. The second-order valence-corrected chi connectivity index (χ2v) is 10.6. The van der Waals surface area contributed by atoms with Gasteiger partial charge in [-0.2, -0.15) is 0 Å². The van der Waals surface area contributed by atoms with E-state index in [0.717, 1.165) is 56.3 Å². The van der Waals surface area contributed by atoms with Gasteiger partial charge in [-0.1, -0.05) is 31.0 Å². The number of carbonyl (C=O) groups is 1. The van der Waals surface area contributed by atoms with Gasteiger partial charge >= 0.3 is 0 Å². The first-order valence-corrected chi connectivity index (χ1v) is 12.6. The molecule has 4 rings (SSSR count). The predicted octanol–water partition coefficient (Wildman–Crippen LogP) is 3.84. The number of carbonyl (C=O) groups excluding carboxylic acids is 1. The van der Waals surface area contributed by atoms with E-state index in [9.17, 15) is 4.79 Å². The summed E-state index contributed by atoms with van der Waals surface area (Å²) in [4.78, 5) is 20.2. The van der Waals surface area contributed by atoms with Crippen molar-refractivity contribution in [3.8, 4) is 0 Å². The standard InChI is InChI=1S/C27H41N3O3/c1-19(17-32-3)30(2)25(28)29-27(18-31)24-15-21(8-7-20-5-6-20)9-10-22(24)16-26(27)13-11-23(33-4)12-14-26/h9-10,15,18-20,23H,5-8,11-14,16-17H2,1-4H3,(H2,28,29)/t19?,23?,26?,27-/m1/s1. The lowest BCUT2D eigenvalue weighted by Gasteiger charge is -2.45. The lowest BCUT2D eigenvalue weighted by molar-refractivity contribution is -0.118. The minimum atomic E-state index is -0.957. The highest BCUT2D eigenvalue weighted by Gasteiger charge is 2.59. The van der Waals surface area contributed by atoms with Crippen LogP contribution in [0.15, 0.2) is 23.2 Å². The Hall–Kier alpha value is -1.92. The lowest BCUT2D eigenvalue weighted by atomic mass is 9.62. The van der Waals surface area contributed by atoms with E-state index in [0.29, 0.717) is 12.6 Å². The topological polar surface area (TPSA) is 77.2 Å². The third-order valence-corrected chi connectivity index (χ3v) is 8.58. The molecule has 2 fully saturated rings. The van der Waals surface area contributed by atoms with Crippen molar-refractivity contribution >= 4 is 12.2 Å². The van der Waals surface area contributed by atoms with Crippen molar-refractivity contribution in [2.24, 2.45) is 22.1 Å². The van der Waals surface area contributed by atoms with Gasteiger partial charge in [0, 0.05) is 26.7 Å². The van der Waals surface area contributed by atoms with Crippen LogP contribution >= 0.6 is 0 Å². The molecule has 3 aliphatic carbocycles. The lowest BCUT2D eigenvalue weighted by Crippen LogP contribution is -2.50. The maximum absolute atomic E-state index is 13.1. The number of rotatable bonds is 9. The number of likely N-dealkylation sites (N-methyl/N-ethyl adjacent to an activating group) is 1. The Balaban J connectivity index is 1.74. The smallest absolute Gasteiger partial charge is 0.192 e. The molecule has 0 heterocycles. The van der Waals surface area contributed by atoms with Gasteiger partial charge in [0.2, 0.25) is 0 Å². The number of fused-ring (bicyclic) bond motifs is 1. The van der Waals surface area contributed by atoms with E-state index >= 15 is 0 Å². The highest BCUT2D eigenvalue weighted by Crippen LogP contribution is 2.59. The van der Waals surface area contributed by atoms with Crippen LogP contribution in [0.4, 0.5) is 0 Å². The summed E-state index contributed by atoms with van der Waals surface area (Å²) in [5.41, 5.74) is 8.99. The first kappa shape index (κ1) is 24.2. The van der Waals surface area contributed by atoms with Crippen molar-refractivity contribution < 1.29 is 14.3 Å². The summed E-state index contributed by atoms with van der Waals surface area (Å²) in [5, 5.41) is 0. The van der Waals surface area contributed by atoms with Crippen LogP contribution in [0, 0.1) is 11.3 Å². The van der Waals surface area contributed by atoms with E-state index in [1.54, 1.807) is 14.2 Å². The molecule has 0 bridgehead atoms. The molecule has 2 saturated carbocycles. The third kappa shape index (κ3) is 4.57. The van der Waals surface area contributed by atoms with Crippen LogP contribution in [-0.4, -0.2) is 57.2 Å². The molecule has 1 aromatic carbocycles. The van der Waals surface area contributed by atoms with Crippen LogP contribution in [-0.2, 0) is 32.6 Å². The van der Waals surface area contributed by atoms with Crippen molar-refractivity contribution in [3.05, 3.63) is 34.9 Å². The number of aryl methyl sites for hydroxylation is 1. The zero-order valence-corrected chi connectivity index (χ0v) is 20.8. The van der Waals surface area contributed by atoms with E-state index in [1.807, 2.05) is 11.9 Å². The minimum Gasteiger partial charge on any atom is -0.383 e. The number of nitrogens with two attached hydrogens (primary N) is 1. The number of nitrogens with zero attached hydrogens (tertiary/aromatic N) is 2. The Labute approximate surface area is 198 Å². The highest BCUT2D eigenvalue weighted by atomic mass is 16.5. The third-order valence-electron chi connectivity index (χ3n) is 8.58. The zero-order valence-electron chi connectivity index (χ0n) is 20.8. The number of aliphatic imine (C=N–C) groups is 1. The number of ether oxygens (including phenoxy) is 2. The van der Waals surface area contributed by atoms with E-state index in [-0.39, 0.29) is 17.6 Å². The van der Waals surface area contributed by atoms with Crippen LogP contribution in [0.3, 0.4) is 0 Å². The SMILES string of the molecule is COCC(C)N(C)C(N)=N[C@]1(C=O)c2cc(CCC3CC3)ccc2CC12CCC(OC)CC2. The normalized spacial score (nSPS) is 30.3. The molecule has 0 aromatic heterocycles. The summed E-state index contributed by atoms with van der Waals surface area (Å²) in [6.07, 6.45) is 10.9. The molecule has 33 heavy (non-hydrogen) atoms. The van der Waals surface area contributed by atoms with E-state index < -0.39 is 5.54 Å². The predicted molar refractivity (Wildman–Crippen MR) is 131 cm³/mol.